The van der Waals surface area contributed by atoms with Gasteiger partial charge in [-0.15, -0.1) is 0 Å². The van der Waals surface area contributed by atoms with Crippen LogP contribution in [0.4, 0.5) is 5.69 Å². The van der Waals surface area contributed by atoms with Crippen LogP contribution in [0.5, 0.6) is 0 Å². The van der Waals surface area contributed by atoms with E-state index in [1.807, 2.05) is 0 Å². The van der Waals surface area contributed by atoms with Crippen LogP contribution < -0.4 is 0 Å². The first-order chi connectivity index (χ1) is 12.9. The van der Waals surface area contributed by atoms with E-state index in [1.54, 1.807) is 30.0 Å². The van der Waals surface area contributed by atoms with Gasteiger partial charge < -0.3 is 9.64 Å². The van der Waals surface area contributed by atoms with Gasteiger partial charge in [0.25, 0.3) is 5.69 Å². The third kappa shape index (κ3) is 8.02. The molecule has 0 saturated carbocycles. The first-order valence-electron chi connectivity index (χ1n) is 9.18. The predicted octanol–water partition coefficient (Wildman–Crippen LogP) is 3.83. The SMILES string of the molecule is CCCCCCN(CC(C)C(=O)OC)C(=O)/C=C/c1ccc([N+](=O)[O-])cc1. The van der Waals surface area contributed by atoms with E-state index in [4.69, 9.17) is 4.74 Å². The summed E-state index contributed by atoms with van der Waals surface area (Å²) in [5.74, 6) is -0.945. The Hall–Kier alpha value is -2.70. The van der Waals surface area contributed by atoms with Crippen LogP contribution in [-0.4, -0.2) is 41.9 Å². The average molecular weight is 376 g/mol. The van der Waals surface area contributed by atoms with E-state index in [0.29, 0.717) is 18.7 Å². The number of carbonyl (C=O) groups excluding carboxylic acids is 2. The van der Waals surface area contributed by atoms with Crippen LogP contribution in [-0.2, 0) is 14.3 Å². The molecule has 1 atom stereocenters. The van der Waals surface area contributed by atoms with Crippen LogP contribution in [0.2, 0.25) is 0 Å². The number of nitrogens with zero attached hydrogens (tertiary/aromatic N) is 2. The molecule has 1 amide bonds. The Bertz CT molecular complexity index is 655. The van der Waals surface area contributed by atoms with Gasteiger partial charge in [0.15, 0.2) is 0 Å². The molecule has 148 valence electrons. The smallest absolute Gasteiger partial charge is 0.310 e. The first kappa shape index (κ1) is 22.3. The fraction of sp³-hybridized carbons (Fsp3) is 0.500. The lowest BCUT2D eigenvalue weighted by molar-refractivity contribution is -0.384. The van der Waals surface area contributed by atoms with E-state index in [0.717, 1.165) is 25.7 Å². The number of nitro benzene ring substituents is 1. The zero-order valence-corrected chi connectivity index (χ0v) is 16.2. The van der Waals surface area contributed by atoms with Gasteiger partial charge in [-0.1, -0.05) is 33.1 Å². The van der Waals surface area contributed by atoms with Gasteiger partial charge in [0.2, 0.25) is 5.91 Å². The molecule has 7 heteroatoms. The van der Waals surface area contributed by atoms with Crippen molar-refractivity contribution in [3.8, 4) is 0 Å². The fourth-order valence-corrected chi connectivity index (χ4v) is 2.61. The number of carbonyl (C=O) groups is 2. The molecular weight excluding hydrogens is 348 g/mol. The van der Waals surface area contributed by atoms with Crippen LogP contribution in [0.3, 0.4) is 0 Å². The number of ether oxygens (including phenoxy) is 1. The van der Waals surface area contributed by atoms with Crippen molar-refractivity contribution in [1.29, 1.82) is 0 Å². The van der Waals surface area contributed by atoms with Crippen LogP contribution in [0.25, 0.3) is 6.08 Å². The molecule has 0 fully saturated rings. The van der Waals surface area contributed by atoms with Gasteiger partial charge in [0.05, 0.1) is 18.0 Å². The predicted molar refractivity (Wildman–Crippen MR) is 104 cm³/mol. The molecule has 0 bridgehead atoms. The Morgan fingerprint density at radius 3 is 2.44 bits per heavy atom. The van der Waals surface area contributed by atoms with Crippen molar-refractivity contribution in [2.75, 3.05) is 20.2 Å². The summed E-state index contributed by atoms with van der Waals surface area (Å²) in [5.41, 5.74) is 0.698. The van der Waals surface area contributed by atoms with Crippen molar-refractivity contribution in [3.05, 3.63) is 46.0 Å². The van der Waals surface area contributed by atoms with Gasteiger partial charge in [-0.2, -0.15) is 0 Å². The molecule has 0 aliphatic heterocycles. The van der Waals surface area contributed by atoms with E-state index >= 15 is 0 Å². The van der Waals surface area contributed by atoms with Crippen molar-refractivity contribution in [2.45, 2.75) is 39.5 Å². The van der Waals surface area contributed by atoms with Crippen LogP contribution in [0, 0.1) is 16.0 Å². The molecule has 0 aliphatic carbocycles. The zero-order chi connectivity index (χ0) is 20.2. The second-order valence-corrected chi connectivity index (χ2v) is 6.45. The summed E-state index contributed by atoms with van der Waals surface area (Å²) in [7, 11) is 1.33. The van der Waals surface area contributed by atoms with E-state index in [9.17, 15) is 19.7 Å². The summed E-state index contributed by atoms with van der Waals surface area (Å²) in [5, 5.41) is 10.7. The van der Waals surface area contributed by atoms with Crippen molar-refractivity contribution < 1.29 is 19.2 Å². The average Bonchev–Trinajstić information content (AvgIpc) is 2.67. The number of unbranched alkanes of at least 4 members (excludes halogenated alkanes) is 3. The van der Waals surface area contributed by atoms with Gasteiger partial charge in [-0.05, 0) is 30.2 Å². The molecule has 0 spiro atoms. The van der Waals surface area contributed by atoms with Crippen LogP contribution in [0.1, 0.15) is 45.1 Å². The fourth-order valence-electron chi connectivity index (χ4n) is 2.61. The molecule has 27 heavy (non-hydrogen) atoms. The van der Waals surface area contributed by atoms with Gasteiger partial charge in [0, 0.05) is 31.3 Å². The number of benzene rings is 1. The summed E-state index contributed by atoms with van der Waals surface area (Å²) in [6.07, 6.45) is 7.16. The van der Waals surface area contributed by atoms with Gasteiger partial charge in [-0.3, -0.25) is 19.7 Å². The Labute approximate surface area is 160 Å². The number of nitro groups is 1. The Morgan fingerprint density at radius 2 is 1.89 bits per heavy atom. The lowest BCUT2D eigenvalue weighted by Gasteiger charge is -2.24. The normalized spacial score (nSPS) is 12.0. The van der Waals surface area contributed by atoms with Gasteiger partial charge in [0.1, 0.15) is 0 Å². The maximum atomic E-state index is 12.6. The minimum Gasteiger partial charge on any atom is -0.469 e. The standard InChI is InChI=1S/C20H28N2O5/c1-4-5-6-7-14-21(15-16(2)20(24)27-3)19(23)13-10-17-8-11-18(12-9-17)22(25)26/h8-13,16H,4-7,14-15H2,1-3H3/b13-10+. The summed E-state index contributed by atoms with van der Waals surface area (Å²) in [4.78, 5) is 36.1. The molecule has 1 rings (SSSR count). The molecule has 0 saturated heterocycles. The zero-order valence-electron chi connectivity index (χ0n) is 16.2. The number of hydrogen-bond acceptors (Lipinski definition) is 5. The highest BCUT2D eigenvalue weighted by Gasteiger charge is 2.20. The number of non-ortho nitro benzene ring substituents is 1. The summed E-state index contributed by atoms with van der Waals surface area (Å²) < 4.78 is 4.75. The van der Waals surface area contributed by atoms with E-state index in [-0.39, 0.29) is 17.6 Å². The van der Waals surface area contributed by atoms with Crippen LogP contribution >= 0.6 is 0 Å². The number of rotatable bonds is 11. The van der Waals surface area contributed by atoms with E-state index < -0.39 is 10.8 Å². The maximum Gasteiger partial charge on any atom is 0.310 e. The quantitative estimate of drug-likeness (QED) is 0.192. The highest BCUT2D eigenvalue weighted by atomic mass is 16.6. The van der Waals surface area contributed by atoms with Crippen molar-refractivity contribution >= 4 is 23.6 Å². The minimum atomic E-state index is -0.467. The molecular formula is C20H28N2O5. The highest BCUT2D eigenvalue weighted by Crippen LogP contribution is 2.13. The minimum absolute atomic E-state index is 0.00271. The molecule has 0 N–H and O–H groups in total. The van der Waals surface area contributed by atoms with Gasteiger partial charge >= 0.3 is 5.97 Å². The summed E-state index contributed by atoms with van der Waals surface area (Å²) in [6, 6.07) is 5.97. The van der Waals surface area contributed by atoms with E-state index in [1.165, 1.54) is 25.3 Å². The highest BCUT2D eigenvalue weighted by molar-refractivity contribution is 5.92. The second-order valence-electron chi connectivity index (χ2n) is 6.45. The molecule has 1 aromatic rings. The first-order valence-corrected chi connectivity index (χ1v) is 9.18. The molecule has 0 radical (unpaired) electrons. The lowest BCUT2D eigenvalue weighted by atomic mass is 10.1. The number of amides is 1. The van der Waals surface area contributed by atoms with Crippen molar-refractivity contribution in [1.82, 2.24) is 4.90 Å². The third-order valence-electron chi connectivity index (χ3n) is 4.21. The molecule has 7 nitrogen and oxygen atoms in total. The summed E-state index contributed by atoms with van der Waals surface area (Å²) >= 11 is 0. The lowest BCUT2D eigenvalue weighted by Crippen LogP contribution is -2.37. The number of esters is 1. The molecule has 0 aromatic heterocycles. The molecule has 1 aromatic carbocycles. The Balaban J connectivity index is 2.77. The largest absolute Gasteiger partial charge is 0.469 e. The molecule has 0 aliphatic rings. The summed E-state index contributed by atoms with van der Waals surface area (Å²) in [6.45, 7) is 4.72. The number of hydrogen-bond donors (Lipinski definition) is 0. The molecule has 1 unspecified atom stereocenters. The second kappa shape index (κ2) is 11.8. The number of methoxy groups -OCH3 is 1. The maximum absolute atomic E-state index is 12.6. The van der Waals surface area contributed by atoms with Crippen LogP contribution in [0.15, 0.2) is 30.3 Å². The topological polar surface area (TPSA) is 89.8 Å². The third-order valence-corrected chi connectivity index (χ3v) is 4.21. The monoisotopic (exact) mass is 376 g/mol. The van der Waals surface area contributed by atoms with Gasteiger partial charge in [-0.25, -0.2) is 0 Å². The molecule has 0 heterocycles. The Morgan fingerprint density at radius 1 is 1.22 bits per heavy atom. The Kier molecular flexibility index (Phi) is 9.79. The van der Waals surface area contributed by atoms with Crippen molar-refractivity contribution in [3.63, 3.8) is 0 Å². The van der Waals surface area contributed by atoms with Crippen molar-refractivity contribution in [2.24, 2.45) is 5.92 Å². The van der Waals surface area contributed by atoms with E-state index in [2.05, 4.69) is 6.92 Å².